The molecule has 0 saturated carbocycles. The summed E-state index contributed by atoms with van der Waals surface area (Å²) in [4.78, 5) is 34.0. The Kier molecular flexibility index (Phi) is 6.53. The zero-order valence-electron chi connectivity index (χ0n) is 18.7. The van der Waals surface area contributed by atoms with Crippen LogP contribution in [0.4, 0.5) is 26.3 Å². The van der Waals surface area contributed by atoms with E-state index in [1.165, 1.54) is 40.2 Å². The molecule has 0 aliphatic carbocycles. The van der Waals surface area contributed by atoms with Crippen molar-refractivity contribution in [3.8, 4) is 0 Å². The average molecular weight is 503 g/mol. The third-order valence-electron chi connectivity index (χ3n) is 5.22. The summed E-state index contributed by atoms with van der Waals surface area (Å²) < 4.78 is 84.8. The molecule has 0 bridgehead atoms. The summed E-state index contributed by atoms with van der Waals surface area (Å²) in [7, 11) is 1.19. The number of hydrogen-bond donors (Lipinski definition) is 1. The lowest BCUT2D eigenvalue weighted by atomic mass is 10.0. The molecule has 14 heteroatoms. The van der Waals surface area contributed by atoms with Crippen LogP contribution in [-0.2, 0) is 21.9 Å². The summed E-state index contributed by atoms with van der Waals surface area (Å²) in [5.41, 5.74) is -2.98. The molecule has 0 fully saturated rings. The Morgan fingerprint density at radius 1 is 1.03 bits per heavy atom. The maximum Gasteiger partial charge on any atom is 0.416 e. The number of alkyl halides is 6. The molecule has 1 aromatic heterocycles. The summed E-state index contributed by atoms with van der Waals surface area (Å²) in [6.45, 7) is 4.38. The number of nitrogens with zero attached hydrogens (tertiary/aromatic N) is 4. The van der Waals surface area contributed by atoms with E-state index in [2.05, 4.69) is 20.5 Å². The van der Waals surface area contributed by atoms with Gasteiger partial charge in [0.15, 0.2) is 11.3 Å². The van der Waals surface area contributed by atoms with Crippen molar-refractivity contribution in [2.45, 2.75) is 44.8 Å². The van der Waals surface area contributed by atoms with Gasteiger partial charge in [-0.15, -0.1) is 5.10 Å². The van der Waals surface area contributed by atoms with Gasteiger partial charge in [0.25, 0.3) is 17.7 Å². The van der Waals surface area contributed by atoms with E-state index in [1.807, 2.05) is 0 Å². The average Bonchev–Trinajstić information content (AvgIpc) is 2.78. The smallest absolute Gasteiger partial charge is 0.416 e. The van der Waals surface area contributed by atoms with Crippen LogP contribution in [0.3, 0.4) is 0 Å². The number of ether oxygens (including phenoxy) is 1. The molecule has 2 amide bonds. The van der Waals surface area contributed by atoms with E-state index in [0.29, 0.717) is 12.1 Å². The fraction of sp³-hybridized carbons (Fsp3) is 0.381. The lowest BCUT2D eigenvalue weighted by Crippen LogP contribution is -2.48. The minimum atomic E-state index is -5.10. The molecule has 2 heterocycles. The van der Waals surface area contributed by atoms with Gasteiger partial charge >= 0.3 is 12.4 Å². The molecule has 1 aliphatic heterocycles. The largest absolute Gasteiger partial charge is 0.459 e. The van der Waals surface area contributed by atoms with Gasteiger partial charge in [-0.2, -0.15) is 26.3 Å². The zero-order chi connectivity index (χ0) is 26.3. The number of hydrazone groups is 1. The van der Waals surface area contributed by atoms with E-state index in [0.717, 1.165) is 4.90 Å². The maximum absolute atomic E-state index is 13.2. The Morgan fingerprint density at radius 2 is 1.57 bits per heavy atom. The fourth-order valence-electron chi connectivity index (χ4n) is 3.11. The summed E-state index contributed by atoms with van der Waals surface area (Å²) in [6, 6.07) is -0.354. The Hall–Kier alpha value is -3.71. The zero-order valence-corrected chi connectivity index (χ0v) is 18.7. The second-order valence-electron chi connectivity index (χ2n) is 8.15. The Morgan fingerprint density at radius 3 is 2.09 bits per heavy atom. The molecule has 3 rings (SSSR count). The number of amides is 2. The SMILES string of the molecule is CC(c1nccnc1C1=NNC(=O)C(C)(C)O1)N(C)C(=O)c1cc(C(F)(F)F)cc(C(F)(F)F)c1. The third-order valence-corrected chi connectivity index (χ3v) is 5.22. The Balaban J connectivity index is 2.00. The maximum atomic E-state index is 13.2. The molecule has 8 nitrogen and oxygen atoms in total. The molecular formula is C21H19F6N5O3. The van der Waals surface area contributed by atoms with Crippen molar-refractivity contribution in [2.75, 3.05) is 7.05 Å². The van der Waals surface area contributed by atoms with Crippen LogP contribution in [0.2, 0.25) is 0 Å². The third kappa shape index (κ3) is 5.35. The van der Waals surface area contributed by atoms with Crippen LogP contribution in [-0.4, -0.2) is 45.2 Å². The number of aromatic nitrogens is 2. The van der Waals surface area contributed by atoms with E-state index in [1.54, 1.807) is 0 Å². The number of carbonyl (C=O) groups excluding carboxylic acids is 2. The van der Waals surface area contributed by atoms with E-state index in [9.17, 15) is 35.9 Å². The summed E-state index contributed by atoms with van der Waals surface area (Å²) in [5.74, 6) is -1.79. The number of carbonyl (C=O) groups is 2. The highest BCUT2D eigenvalue weighted by molar-refractivity contribution is 6.00. The lowest BCUT2D eigenvalue weighted by Gasteiger charge is -2.30. The van der Waals surface area contributed by atoms with Gasteiger partial charge in [-0.05, 0) is 39.0 Å². The first-order valence-electron chi connectivity index (χ1n) is 9.97. The highest BCUT2D eigenvalue weighted by Gasteiger charge is 2.39. The summed E-state index contributed by atoms with van der Waals surface area (Å²) in [5, 5.41) is 3.80. The molecule has 1 N–H and O–H groups in total. The molecule has 1 aliphatic rings. The predicted octanol–water partition coefficient (Wildman–Crippen LogP) is 3.93. The molecule has 188 valence electrons. The van der Waals surface area contributed by atoms with Crippen LogP contribution >= 0.6 is 0 Å². The lowest BCUT2D eigenvalue weighted by molar-refractivity contribution is -0.143. The minimum absolute atomic E-state index is 0.0211. The van der Waals surface area contributed by atoms with Crippen molar-refractivity contribution >= 4 is 17.7 Å². The van der Waals surface area contributed by atoms with Gasteiger partial charge in [0.1, 0.15) is 0 Å². The molecule has 35 heavy (non-hydrogen) atoms. The molecule has 1 unspecified atom stereocenters. The molecular weight excluding hydrogens is 484 g/mol. The number of rotatable bonds is 4. The van der Waals surface area contributed by atoms with Gasteiger partial charge < -0.3 is 9.64 Å². The van der Waals surface area contributed by atoms with Crippen molar-refractivity contribution in [2.24, 2.45) is 5.10 Å². The summed E-state index contributed by atoms with van der Waals surface area (Å²) in [6.07, 6.45) is -7.66. The minimum Gasteiger partial charge on any atom is -0.459 e. The van der Waals surface area contributed by atoms with Crippen molar-refractivity contribution in [1.29, 1.82) is 0 Å². The predicted molar refractivity (Wildman–Crippen MR) is 109 cm³/mol. The number of nitrogens with one attached hydrogen (secondary N) is 1. The molecule has 0 saturated heterocycles. The molecule has 1 aromatic carbocycles. The van der Waals surface area contributed by atoms with Gasteiger partial charge in [-0.25, -0.2) is 10.4 Å². The van der Waals surface area contributed by atoms with Crippen LogP contribution in [0.1, 0.15) is 59.7 Å². The molecule has 2 aromatic rings. The van der Waals surface area contributed by atoms with Gasteiger partial charge in [0.2, 0.25) is 0 Å². The summed E-state index contributed by atoms with van der Waals surface area (Å²) >= 11 is 0. The normalized spacial score (nSPS) is 16.6. The Bertz CT molecular complexity index is 1160. The number of halogens is 6. The second kappa shape index (κ2) is 8.82. The van der Waals surface area contributed by atoms with Crippen molar-refractivity contribution in [1.82, 2.24) is 20.3 Å². The van der Waals surface area contributed by atoms with E-state index in [4.69, 9.17) is 4.74 Å². The van der Waals surface area contributed by atoms with Gasteiger partial charge in [-0.3, -0.25) is 14.6 Å². The molecule has 0 spiro atoms. The quantitative estimate of drug-likeness (QED) is 0.638. The number of benzene rings is 1. The second-order valence-corrected chi connectivity index (χ2v) is 8.15. The van der Waals surface area contributed by atoms with E-state index in [-0.39, 0.29) is 23.4 Å². The van der Waals surface area contributed by atoms with Crippen molar-refractivity contribution < 1.29 is 40.7 Å². The van der Waals surface area contributed by atoms with Crippen LogP contribution < -0.4 is 5.43 Å². The van der Waals surface area contributed by atoms with Crippen LogP contribution in [0, 0.1) is 0 Å². The van der Waals surface area contributed by atoms with Crippen molar-refractivity contribution in [3.63, 3.8) is 0 Å². The highest BCUT2D eigenvalue weighted by atomic mass is 19.4. The van der Waals surface area contributed by atoms with Crippen molar-refractivity contribution in [3.05, 3.63) is 58.7 Å². The van der Waals surface area contributed by atoms with Gasteiger partial charge in [-0.1, -0.05) is 0 Å². The van der Waals surface area contributed by atoms with Gasteiger partial charge in [0, 0.05) is 25.0 Å². The van der Waals surface area contributed by atoms with Crippen LogP contribution in [0.5, 0.6) is 0 Å². The topological polar surface area (TPSA) is 96.8 Å². The first-order valence-corrected chi connectivity index (χ1v) is 9.97. The van der Waals surface area contributed by atoms with E-state index >= 15 is 0 Å². The van der Waals surface area contributed by atoms with E-state index < -0.39 is 52.5 Å². The Labute approximate surface area is 195 Å². The monoisotopic (exact) mass is 503 g/mol. The first-order chi connectivity index (χ1) is 16.0. The van der Waals surface area contributed by atoms with Crippen LogP contribution in [0.25, 0.3) is 0 Å². The molecule has 0 radical (unpaired) electrons. The van der Waals surface area contributed by atoms with Gasteiger partial charge in [0.05, 0.1) is 22.9 Å². The standard InChI is InChI=1S/C21H19F6N5O3/c1-10(14-15(29-6-5-28-14)16-30-31-18(34)19(2,3)35-16)32(4)17(33)11-7-12(20(22,23)24)9-13(8-11)21(25,26)27/h5-10H,1-4H3,(H,31,34). The van der Waals surface area contributed by atoms with Crippen LogP contribution in [0.15, 0.2) is 35.7 Å². The fourth-order valence-corrected chi connectivity index (χ4v) is 3.11. The number of hydrogen-bond acceptors (Lipinski definition) is 6. The highest BCUT2D eigenvalue weighted by Crippen LogP contribution is 2.37. The first kappa shape index (κ1) is 25.9. The molecule has 1 atom stereocenters.